The number of aromatic nitrogens is 3. The third kappa shape index (κ3) is 2.79. The second-order valence-corrected chi connectivity index (χ2v) is 6.41. The van der Waals surface area contributed by atoms with E-state index in [9.17, 15) is 4.79 Å². The van der Waals surface area contributed by atoms with Crippen LogP contribution in [-0.2, 0) is 7.05 Å². The van der Waals surface area contributed by atoms with Crippen molar-refractivity contribution in [1.82, 2.24) is 19.4 Å². The number of hydrogen-bond donors (Lipinski definition) is 2. The zero-order chi connectivity index (χ0) is 18.3. The number of hydrogen-bond acceptors (Lipinski definition) is 5. The maximum absolute atomic E-state index is 11.1. The number of rotatable bonds is 3. The molecule has 0 bridgehead atoms. The Hall–Kier alpha value is -3.29. The third-order valence-corrected chi connectivity index (χ3v) is 4.63. The lowest BCUT2D eigenvalue weighted by Crippen LogP contribution is -2.29. The molecular weight excluding hydrogens is 334 g/mol. The van der Waals surface area contributed by atoms with Crippen molar-refractivity contribution in [3.63, 3.8) is 0 Å². The van der Waals surface area contributed by atoms with E-state index in [-0.39, 0.29) is 6.10 Å². The van der Waals surface area contributed by atoms with Crippen LogP contribution in [0.2, 0.25) is 0 Å². The van der Waals surface area contributed by atoms with Crippen LogP contribution < -0.4 is 10.5 Å². The van der Waals surface area contributed by atoms with E-state index in [4.69, 9.17) is 15.6 Å². The molecule has 2 aromatic heterocycles. The van der Waals surface area contributed by atoms with E-state index in [1.807, 2.05) is 42.1 Å². The summed E-state index contributed by atoms with van der Waals surface area (Å²) in [5.74, 6) is 0.469. The van der Waals surface area contributed by atoms with Gasteiger partial charge in [-0.05, 0) is 17.7 Å². The molecule has 0 radical (unpaired) electrons. The fraction of sp³-hybridized carbons (Fsp3) is 0.278. The van der Waals surface area contributed by atoms with E-state index in [1.54, 1.807) is 0 Å². The van der Waals surface area contributed by atoms with Crippen LogP contribution in [-0.4, -0.2) is 49.8 Å². The Morgan fingerprint density at radius 2 is 2.08 bits per heavy atom. The second kappa shape index (κ2) is 6.21. The van der Waals surface area contributed by atoms with E-state index >= 15 is 0 Å². The smallest absolute Gasteiger partial charge is 0.407 e. The molecule has 3 aromatic rings. The van der Waals surface area contributed by atoms with Crippen molar-refractivity contribution in [2.24, 2.45) is 7.05 Å². The van der Waals surface area contributed by atoms with Gasteiger partial charge in [0.2, 0.25) is 5.88 Å². The molecule has 1 unspecified atom stereocenters. The highest BCUT2D eigenvalue weighted by Crippen LogP contribution is 2.33. The van der Waals surface area contributed by atoms with Gasteiger partial charge in [0, 0.05) is 37.5 Å². The van der Waals surface area contributed by atoms with Crippen LogP contribution in [0.15, 0.2) is 36.8 Å². The Morgan fingerprint density at radius 3 is 2.77 bits per heavy atom. The van der Waals surface area contributed by atoms with Gasteiger partial charge in [-0.2, -0.15) is 4.98 Å². The fourth-order valence-electron chi connectivity index (χ4n) is 3.31. The summed E-state index contributed by atoms with van der Waals surface area (Å²) in [4.78, 5) is 21.2. The summed E-state index contributed by atoms with van der Waals surface area (Å²) < 4.78 is 7.95. The number of likely N-dealkylation sites (tertiary alicyclic amines) is 1. The molecule has 1 saturated heterocycles. The van der Waals surface area contributed by atoms with Gasteiger partial charge in [0.15, 0.2) is 0 Å². The number of nitrogens with two attached hydrogens (primary N) is 1. The van der Waals surface area contributed by atoms with Crippen LogP contribution in [0.4, 0.5) is 10.5 Å². The van der Waals surface area contributed by atoms with Gasteiger partial charge in [0.1, 0.15) is 23.5 Å². The number of aryl methyl sites for hydroxylation is 1. The average Bonchev–Trinajstić information content (AvgIpc) is 3.21. The average molecular weight is 353 g/mol. The zero-order valence-corrected chi connectivity index (χ0v) is 14.3. The van der Waals surface area contributed by atoms with E-state index in [1.165, 1.54) is 11.2 Å². The predicted molar refractivity (Wildman–Crippen MR) is 97.0 cm³/mol. The summed E-state index contributed by atoms with van der Waals surface area (Å²) in [5, 5.41) is 9.09. The van der Waals surface area contributed by atoms with Gasteiger partial charge in [-0.1, -0.05) is 12.1 Å². The van der Waals surface area contributed by atoms with Crippen LogP contribution >= 0.6 is 0 Å². The Balaban J connectivity index is 1.69. The third-order valence-electron chi connectivity index (χ3n) is 4.63. The molecule has 1 aliphatic heterocycles. The number of ether oxygens (including phenoxy) is 1. The van der Waals surface area contributed by atoms with Gasteiger partial charge < -0.3 is 25.0 Å². The second-order valence-electron chi connectivity index (χ2n) is 6.41. The number of carbonyl (C=O) groups is 1. The van der Waals surface area contributed by atoms with E-state index in [0.717, 1.165) is 22.2 Å². The first-order valence-corrected chi connectivity index (χ1v) is 8.33. The van der Waals surface area contributed by atoms with Gasteiger partial charge in [0.25, 0.3) is 0 Å². The van der Waals surface area contributed by atoms with Crippen LogP contribution in [0.5, 0.6) is 5.88 Å². The van der Waals surface area contributed by atoms with Crippen LogP contribution in [0.3, 0.4) is 0 Å². The molecule has 0 aliphatic carbocycles. The van der Waals surface area contributed by atoms with E-state index in [2.05, 4.69) is 9.97 Å². The van der Waals surface area contributed by atoms with Crippen molar-refractivity contribution in [3.8, 4) is 17.0 Å². The van der Waals surface area contributed by atoms with Gasteiger partial charge in [-0.25, -0.2) is 9.78 Å². The summed E-state index contributed by atoms with van der Waals surface area (Å²) in [6, 6.07) is 7.61. The van der Waals surface area contributed by atoms with Crippen LogP contribution in [0, 0.1) is 0 Å². The van der Waals surface area contributed by atoms with Gasteiger partial charge >= 0.3 is 6.09 Å². The molecule has 8 heteroatoms. The number of carboxylic acid groups (broad SMARTS) is 1. The van der Waals surface area contributed by atoms with E-state index in [0.29, 0.717) is 31.1 Å². The zero-order valence-electron chi connectivity index (χ0n) is 14.3. The number of nitrogens with zero attached hydrogens (tertiary/aromatic N) is 4. The number of benzene rings is 1. The molecular formula is C18H19N5O3. The minimum absolute atomic E-state index is 0.209. The molecule has 1 amide bonds. The lowest BCUT2D eigenvalue weighted by molar-refractivity contribution is 0.145. The summed E-state index contributed by atoms with van der Waals surface area (Å²) in [6.45, 7) is 0.814. The van der Waals surface area contributed by atoms with Crippen LogP contribution in [0.25, 0.3) is 22.2 Å². The molecule has 1 fully saturated rings. The number of fused-ring (bicyclic) bond motifs is 1. The summed E-state index contributed by atoms with van der Waals surface area (Å²) in [6.07, 6.45) is 2.97. The Morgan fingerprint density at radius 1 is 1.31 bits per heavy atom. The molecule has 3 heterocycles. The number of nitrogen functional groups attached to an aromatic ring is 1. The highest BCUT2D eigenvalue weighted by molar-refractivity contribution is 5.95. The van der Waals surface area contributed by atoms with Crippen molar-refractivity contribution in [3.05, 3.63) is 36.8 Å². The SMILES string of the molecule is Cn1cc(-c2ccc(N)cc2)c2ncnc(OC3CCN(C(=O)O)C3)c21. The Kier molecular flexibility index (Phi) is 3.87. The van der Waals surface area contributed by atoms with Crippen LogP contribution in [0.1, 0.15) is 6.42 Å². The van der Waals surface area contributed by atoms with Gasteiger partial charge in [-0.3, -0.25) is 0 Å². The minimum Gasteiger partial charge on any atom is -0.471 e. The normalized spacial score (nSPS) is 17.0. The lowest BCUT2D eigenvalue weighted by Gasteiger charge is -2.14. The van der Waals surface area contributed by atoms with Crippen molar-refractivity contribution in [2.45, 2.75) is 12.5 Å². The van der Waals surface area contributed by atoms with Crippen molar-refractivity contribution < 1.29 is 14.6 Å². The minimum atomic E-state index is -0.923. The topological polar surface area (TPSA) is 107 Å². The standard InChI is InChI=1S/C18H19N5O3/c1-22-9-14(11-2-4-12(19)5-3-11)15-16(22)17(21-10-20-15)26-13-6-7-23(8-13)18(24)25/h2-5,9-10,13H,6-8,19H2,1H3,(H,24,25). The largest absolute Gasteiger partial charge is 0.471 e. The lowest BCUT2D eigenvalue weighted by atomic mass is 10.1. The van der Waals surface area contributed by atoms with Gasteiger partial charge in [-0.15, -0.1) is 0 Å². The molecule has 26 heavy (non-hydrogen) atoms. The maximum atomic E-state index is 11.1. The predicted octanol–water partition coefficient (Wildman–Crippen LogP) is 2.35. The molecule has 1 aromatic carbocycles. The highest BCUT2D eigenvalue weighted by Gasteiger charge is 2.28. The molecule has 1 aliphatic rings. The summed E-state index contributed by atoms with van der Waals surface area (Å²) in [5.41, 5.74) is 10.0. The summed E-state index contributed by atoms with van der Waals surface area (Å²) in [7, 11) is 1.91. The molecule has 0 saturated carbocycles. The first-order valence-electron chi connectivity index (χ1n) is 8.33. The Labute approximate surface area is 149 Å². The first kappa shape index (κ1) is 16.2. The van der Waals surface area contributed by atoms with Crippen molar-refractivity contribution in [2.75, 3.05) is 18.8 Å². The molecule has 3 N–H and O–H groups in total. The van der Waals surface area contributed by atoms with Crippen molar-refractivity contribution >= 4 is 22.8 Å². The highest BCUT2D eigenvalue weighted by atomic mass is 16.5. The number of anilines is 1. The maximum Gasteiger partial charge on any atom is 0.407 e. The molecule has 1 atom stereocenters. The number of amides is 1. The van der Waals surface area contributed by atoms with Gasteiger partial charge in [0.05, 0.1) is 6.54 Å². The molecule has 0 spiro atoms. The Bertz CT molecular complexity index is 967. The molecule has 4 rings (SSSR count). The quantitative estimate of drug-likeness (QED) is 0.700. The summed E-state index contributed by atoms with van der Waals surface area (Å²) >= 11 is 0. The molecule has 8 nitrogen and oxygen atoms in total. The monoisotopic (exact) mass is 353 g/mol. The van der Waals surface area contributed by atoms with E-state index < -0.39 is 6.09 Å². The first-order chi connectivity index (χ1) is 12.5. The fourth-order valence-corrected chi connectivity index (χ4v) is 3.31. The molecule has 134 valence electrons. The van der Waals surface area contributed by atoms with Crippen molar-refractivity contribution in [1.29, 1.82) is 0 Å².